The van der Waals surface area contributed by atoms with Crippen LogP contribution in [-0.2, 0) is 23.9 Å². The van der Waals surface area contributed by atoms with Gasteiger partial charge in [-0.15, -0.1) is 0 Å². The van der Waals surface area contributed by atoms with Crippen LogP contribution in [0.1, 0.15) is 71.1 Å². The molecule has 0 atom stereocenters. The molecule has 0 aromatic rings. The molecule has 7 heteroatoms. The molecule has 0 aromatic heterocycles. The van der Waals surface area contributed by atoms with Gasteiger partial charge in [-0.1, -0.05) is 58.3 Å². The van der Waals surface area contributed by atoms with E-state index >= 15 is 0 Å². The van der Waals surface area contributed by atoms with Crippen LogP contribution in [0, 0.1) is 0 Å². The molecule has 0 heterocycles. The molecule has 0 aliphatic heterocycles. The number of carboxylic acid groups (broad SMARTS) is 1. The van der Waals surface area contributed by atoms with Crippen LogP contribution in [0.25, 0.3) is 0 Å². The second-order valence-electron chi connectivity index (χ2n) is 5.29. The molecule has 0 aliphatic rings. The molecular weight excluding hydrogens is 327 g/mol. The normalized spacial score (nSPS) is 9.96. The minimum absolute atomic E-state index is 0. The second-order valence-corrected chi connectivity index (χ2v) is 5.29. The Morgan fingerprint density at radius 2 is 1.30 bits per heavy atom. The largest absolute Gasteiger partial charge is 1.00 e. The van der Waals surface area contributed by atoms with Crippen LogP contribution in [0.5, 0.6) is 0 Å². The van der Waals surface area contributed by atoms with E-state index in [9.17, 15) is 19.5 Å². The molecule has 0 unspecified atom stereocenters. The fourth-order valence-corrected chi connectivity index (χ4v) is 2.01. The summed E-state index contributed by atoms with van der Waals surface area (Å²) in [7, 11) is 0. The van der Waals surface area contributed by atoms with Crippen LogP contribution in [0.4, 0.5) is 0 Å². The van der Waals surface area contributed by atoms with E-state index < -0.39 is 31.1 Å². The number of carboxylic acids is 1. The molecule has 0 spiro atoms. The van der Waals surface area contributed by atoms with Crippen molar-refractivity contribution in [2.45, 2.75) is 71.1 Å². The molecule has 0 amide bonds. The molecule has 6 nitrogen and oxygen atoms in total. The van der Waals surface area contributed by atoms with Crippen molar-refractivity contribution in [2.75, 3.05) is 13.2 Å². The zero-order valence-electron chi connectivity index (χ0n) is 14.4. The molecule has 0 bridgehead atoms. The molecule has 0 saturated carbocycles. The van der Waals surface area contributed by atoms with Gasteiger partial charge in [0.25, 0.3) is 0 Å². The zero-order valence-corrected chi connectivity index (χ0v) is 17.6. The van der Waals surface area contributed by atoms with Gasteiger partial charge < -0.3 is 19.4 Å². The van der Waals surface area contributed by atoms with Gasteiger partial charge in [-0.3, -0.25) is 4.79 Å². The van der Waals surface area contributed by atoms with Crippen molar-refractivity contribution < 1.29 is 80.3 Å². The Labute approximate surface area is 181 Å². The summed E-state index contributed by atoms with van der Waals surface area (Å²) in [5, 5.41) is 10.0. The summed E-state index contributed by atoms with van der Waals surface area (Å²) in [4.78, 5) is 32.5. The van der Waals surface area contributed by atoms with Gasteiger partial charge in [-0.25, -0.2) is 4.79 Å². The van der Waals surface area contributed by atoms with Crippen LogP contribution in [0.15, 0.2) is 0 Å². The second kappa shape index (κ2) is 18.5. The van der Waals surface area contributed by atoms with E-state index in [1.165, 1.54) is 38.5 Å². The van der Waals surface area contributed by atoms with Crippen LogP contribution < -0.4 is 56.5 Å². The average molecular weight is 354 g/mol. The van der Waals surface area contributed by atoms with E-state index in [-0.39, 0.29) is 57.8 Å². The van der Waals surface area contributed by atoms with Crippen LogP contribution in [0.3, 0.4) is 0 Å². The summed E-state index contributed by atoms with van der Waals surface area (Å²) in [5.41, 5.74) is 0. The van der Waals surface area contributed by atoms with Gasteiger partial charge in [-0.2, -0.15) is 0 Å². The molecule has 0 rings (SSSR count). The Hall–Kier alpha value is 0.206. The minimum atomic E-state index is -1.42. The summed E-state index contributed by atoms with van der Waals surface area (Å²) >= 11 is 0. The van der Waals surface area contributed by atoms with Crippen LogP contribution in [0.2, 0.25) is 0 Å². The van der Waals surface area contributed by atoms with E-state index in [1.54, 1.807) is 0 Å². The Morgan fingerprint density at radius 1 is 0.783 bits per heavy atom. The fraction of sp³-hybridized carbons (Fsp3) is 0.812. The van der Waals surface area contributed by atoms with Crippen molar-refractivity contribution in [3.8, 4) is 0 Å². The predicted octanol–water partition coefficient (Wildman–Crippen LogP) is -1.25. The number of unbranched alkanes of at least 4 members (excludes halogenated alkanes) is 8. The molecule has 0 aliphatic carbocycles. The Bertz CT molecular complexity index is 333. The molecule has 128 valence electrons. The SMILES string of the molecule is CCCCCCCCCCCC(=O)OC(=O)COCC(=O)[O-].[K+]. The molecule has 0 fully saturated rings. The topological polar surface area (TPSA) is 92.7 Å². The van der Waals surface area contributed by atoms with Crippen molar-refractivity contribution in [1.29, 1.82) is 0 Å². The first-order valence-corrected chi connectivity index (χ1v) is 8.07. The van der Waals surface area contributed by atoms with Gasteiger partial charge in [0.1, 0.15) is 6.61 Å². The Balaban J connectivity index is 0. The van der Waals surface area contributed by atoms with Crippen molar-refractivity contribution in [2.24, 2.45) is 0 Å². The number of rotatable bonds is 14. The van der Waals surface area contributed by atoms with E-state index in [0.29, 0.717) is 6.42 Å². The average Bonchev–Trinajstić information content (AvgIpc) is 2.45. The first-order valence-electron chi connectivity index (χ1n) is 8.07. The number of esters is 2. The third-order valence-electron chi connectivity index (χ3n) is 3.15. The maximum absolute atomic E-state index is 11.3. The molecular formula is C16H27KO6. The van der Waals surface area contributed by atoms with Crippen molar-refractivity contribution in [3.63, 3.8) is 0 Å². The minimum Gasteiger partial charge on any atom is -0.548 e. The van der Waals surface area contributed by atoms with E-state index in [0.717, 1.165) is 12.8 Å². The summed E-state index contributed by atoms with van der Waals surface area (Å²) in [6.45, 7) is 0.943. The monoisotopic (exact) mass is 354 g/mol. The van der Waals surface area contributed by atoms with Crippen molar-refractivity contribution in [3.05, 3.63) is 0 Å². The number of hydrogen-bond acceptors (Lipinski definition) is 6. The number of hydrogen-bond donors (Lipinski definition) is 0. The van der Waals surface area contributed by atoms with Crippen molar-refractivity contribution in [1.82, 2.24) is 0 Å². The number of aliphatic carboxylic acids is 1. The maximum Gasteiger partial charge on any atom is 1.00 e. The first-order chi connectivity index (χ1) is 10.6. The predicted molar refractivity (Wildman–Crippen MR) is 78.8 cm³/mol. The standard InChI is InChI=1S/C16H28O6.K/c1-2-3-4-5-6-7-8-9-10-11-15(19)22-16(20)13-21-12-14(17)18;/h2-13H2,1H3,(H,17,18);/q;+1/p-1. The van der Waals surface area contributed by atoms with E-state index in [1.807, 2.05) is 0 Å². The summed E-state index contributed by atoms with van der Waals surface area (Å²) in [6.07, 6.45) is 10.4. The van der Waals surface area contributed by atoms with Gasteiger partial charge in [0.15, 0.2) is 0 Å². The third-order valence-corrected chi connectivity index (χ3v) is 3.15. The molecule has 0 saturated heterocycles. The quantitative estimate of drug-likeness (QED) is 0.167. The number of carbonyl (C=O) groups excluding carboxylic acids is 3. The number of carbonyl (C=O) groups is 3. The maximum atomic E-state index is 11.3. The summed E-state index contributed by atoms with van der Waals surface area (Å²) in [5.74, 6) is -2.89. The fourth-order valence-electron chi connectivity index (χ4n) is 2.01. The summed E-state index contributed by atoms with van der Waals surface area (Å²) < 4.78 is 8.95. The van der Waals surface area contributed by atoms with Crippen molar-refractivity contribution >= 4 is 17.9 Å². The molecule has 0 radical (unpaired) electrons. The van der Waals surface area contributed by atoms with Gasteiger partial charge >= 0.3 is 63.3 Å². The third kappa shape index (κ3) is 20.2. The van der Waals surface area contributed by atoms with Crippen LogP contribution in [-0.4, -0.2) is 31.1 Å². The Kier molecular flexibility index (Phi) is 20.5. The summed E-state index contributed by atoms with van der Waals surface area (Å²) in [6, 6.07) is 0. The van der Waals surface area contributed by atoms with Crippen LogP contribution >= 0.6 is 0 Å². The van der Waals surface area contributed by atoms with Gasteiger partial charge in [-0.05, 0) is 6.42 Å². The zero-order chi connectivity index (χ0) is 16.6. The molecule has 23 heavy (non-hydrogen) atoms. The van der Waals surface area contributed by atoms with Gasteiger partial charge in [0.2, 0.25) is 0 Å². The first kappa shape index (κ1) is 25.4. The van der Waals surface area contributed by atoms with Gasteiger partial charge in [0.05, 0.1) is 12.6 Å². The van der Waals surface area contributed by atoms with E-state index in [4.69, 9.17) is 0 Å². The van der Waals surface area contributed by atoms with E-state index in [2.05, 4.69) is 16.4 Å². The smallest absolute Gasteiger partial charge is 0.548 e. The molecule has 0 aromatic carbocycles. The van der Waals surface area contributed by atoms with Gasteiger partial charge in [0, 0.05) is 6.42 Å². The molecule has 0 N–H and O–H groups in total. The number of ether oxygens (including phenoxy) is 2. The Morgan fingerprint density at radius 3 is 1.83 bits per heavy atom.